The van der Waals surface area contributed by atoms with Crippen molar-refractivity contribution in [2.45, 2.75) is 19.4 Å². The molecule has 1 saturated carbocycles. The lowest BCUT2D eigenvalue weighted by Gasteiger charge is -2.15. The summed E-state index contributed by atoms with van der Waals surface area (Å²) in [4.78, 5) is 13.6. The van der Waals surface area contributed by atoms with E-state index >= 15 is 0 Å². The minimum Gasteiger partial charge on any atom is -0.481 e. The number of carboxylic acid groups (broad SMARTS) is 1. The summed E-state index contributed by atoms with van der Waals surface area (Å²) in [5.74, 6) is 0.0509. The topological polar surface area (TPSA) is 64.3 Å². The molecule has 4 heteroatoms. The van der Waals surface area contributed by atoms with Crippen LogP contribution < -0.4 is 0 Å². The summed E-state index contributed by atoms with van der Waals surface area (Å²) in [6, 6.07) is 9.71. The summed E-state index contributed by atoms with van der Waals surface area (Å²) >= 11 is 0. The number of nitrogens with zero attached hydrogens (tertiary/aromatic N) is 2. The first-order valence-corrected chi connectivity index (χ1v) is 7.11. The molecule has 104 valence electrons. The molecule has 1 heterocycles. The first-order valence-electron chi connectivity index (χ1n) is 7.11. The number of hydrogen-bond acceptors (Lipinski definition) is 3. The van der Waals surface area contributed by atoms with Crippen LogP contribution >= 0.6 is 0 Å². The zero-order chi connectivity index (χ0) is 14.1. The molecule has 20 heavy (non-hydrogen) atoms. The Morgan fingerprint density at radius 2 is 2.20 bits per heavy atom. The molecule has 4 nitrogen and oxygen atoms in total. The van der Waals surface area contributed by atoms with Gasteiger partial charge in [0.25, 0.3) is 0 Å². The fourth-order valence-electron chi connectivity index (χ4n) is 3.30. The summed E-state index contributed by atoms with van der Waals surface area (Å²) in [6.07, 6.45) is 2.37. The second-order valence-electron chi connectivity index (χ2n) is 5.95. The van der Waals surface area contributed by atoms with Crippen molar-refractivity contribution >= 4 is 5.97 Å². The summed E-state index contributed by atoms with van der Waals surface area (Å²) in [5.41, 5.74) is 1.75. The highest BCUT2D eigenvalue weighted by Crippen LogP contribution is 2.44. The van der Waals surface area contributed by atoms with Gasteiger partial charge in [0, 0.05) is 19.6 Å². The number of benzene rings is 1. The van der Waals surface area contributed by atoms with Gasteiger partial charge in [-0.1, -0.05) is 12.1 Å². The predicted molar refractivity (Wildman–Crippen MR) is 73.8 cm³/mol. The summed E-state index contributed by atoms with van der Waals surface area (Å²) in [6.45, 7) is 2.24. The van der Waals surface area contributed by atoms with Crippen molar-refractivity contribution < 1.29 is 9.90 Å². The second-order valence-corrected chi connectivity index (χ2v) is 5.95. The van der Waals surface area contributed by atoms with Crippen molar-refractivity contribution in [3.8, 4) is 6.07 Å². The maximum atomic E-state index is 11.4. The van der Waals surface area contributed by atoms with Gasteiger partial charge in [-0.25, -0.2) is 0 Å². The van der Waals surface area contributed by atoms with E-state index in [1.54, 1.807) is 6.07 Å². The van der Waals surface area contributed by atoms with E-state index in [9.17, 15) is 9.90 Å². The highest BCUT2D eigenvalue weighted by atomic mass is 16.4. The molecule has 1 aliphatic carbocycles. The van der Waals surface area contributed by atoms with Crippen LogP contribution in [0.15, 0.2) is 24.3 Å². The maximum absolute atomic E-state index is 11.4. The van der Waals surface area contributed by atoms with Crippen molar-refractivity contribution in [1.29, 1.82) is 5.26 Å². The average molecular weight is 270 g/mol. The molecule has 0 bridgehead atoms. The fraction of sp³-hybridized carbons (Fsp3) is 0.500. The van der Waals surface area contributed by atoms with Crippen LogP contribution in [0.2, 0.25) is 0 Å². The molecule has 1 aromatic carbocycles. The van der Waals surface area contributed by atoms with E-state index in [4.69, 9.17) is 5.26 Å². The van der Waals surface area contributed by atoms with Crippen molar-refractivity contribution in [1.82, 2.24) is 4.90 Å². The zero-order valence-corrected chi connectivity index (χ0v) is 11.3. The first-order chi connectivity index (χ1) is 9.67. The van der Waals surface area contributed by atoms with Gasteiger partial charge in [-0.15, -0.1) is 0 Å². The molecule has 0 radical (unpaired) electrons. The number of nitriles is 1. The van der Waals surface area contributed by atoms with Crippen LogP contribution in [0.3, 0.4) is 0 Å². The van der Waals surface area contributed by atoms with Crippen LogP contribution in [0.25, 0.3) is 0 Å². The van der Waals surface area contributed by atoms with Crippen molar-refractivity contribution in [3.63, 3.8) is 0 Å². The highest BCUT2D eigenvalue weighted by Gasteiger charge is 2.45. The third kappa shape index (κ3) is 2.68. The van der Waals surface area contributed by atoms with Gasteiger partial charge >= 0.3 is 5.97 Å². The van der Waals surface area contributed by atoms with E-state index in [1.165, 1.54) is 12.8 Å². The Morgan fingerprint density at radius 1 is 1.40 bits per heavy atom. The predicted octanol–water partition coefficient (Wildman–Crippen LogP) is 2.10. The van der Waals surface area contributed by atoms with E-state index in [-0.39, 0.29) is 5.92 Å². The molecule has 0 spiro atoms. The number of aliphatic carboxylic acids is 1. The smallest absolute Gasteiger partial charge is 0.308 e. The Labute approximate surface area is 118 Å². The molecule has 2 atom stereocenters. The van der Waals surface area contributed by atoms with Gasteiger partial charge in [0.05, 0.1) is 17.6 Å². The van der Waals surface area contributed by atoms with Gasteiger partial charge in [-0.05, 0) is 42.4 Å². The molecule has 2 aliphatic rings. The van der Waals surface area contributed by atoms with Crippen LogP contribution in [0.1, 0.15) is 24.0 Å². The Hall–Kier alpha value is -1.86. The molecule has 1 aromatic rings. The minimum atomic E-state index is -0.657. The minimum absolute atomic E-state index is 0.221. The molecular weight excluding hydrogens is 252 g/mol. The first kappa shape index (κ1) is 13.1. The fourth-order valence-corrected chi connectivity index (χ4v) is 3.30. The molecule has 2 fully saturated rings. The average Bonchev–Trinajstić information content (AvgIpc) is 3.20. The van der Waals surface area contributed by atoms with Gasteiger partial charge in [-0.3, -0.25) is 9.69 Å². The molecule has 0 aromatic heterocycles. The van der Waals surface area contributed by atoms with Crippen molar-refractivity contribution in [2.24, 2.45) is 17.8 Å². The van der Waals surface area contributed by atoms with Crippen LogP contribution in [0.5, 0.6) is 0 Å². The van der Waals surface area contributed by atoms with Crippen LogP contribution in [0, 0.1) is 29.1 Å². The Morgan fingerprint density at radius 3 is 2.85 bits per heavy atom. The zero-order valence-electron chi connectivity index (χ0n) is 11.3. The number of hydrogen-bond donors (Lipinski definition) is 1. The Kier molecular flexibility index (Phi) is 3.45. The lowest BCUT2D eigenvalue weighted by atomic mass is 9.92. The van der Waals surface area contributed by atoms with Gasteiger partial charge < -0.3 is 5.11 Å². The Bertz CT molecular complexity index is 560. The van der Waals surface area contributed by atoms with Gasteiger partial charge in [0.2, 0.25) is 0 Å². The summed E-state index contributed by atoms with van der Waals surface area (Å²) in [5, 5.41) is 18.3. The molecule has 0 unspecified atom stereocenters. The molecule has 1 saturated heterocycles. The highest BCUT2D eigenvalue weighted by molar-refractivity contribution is 5.71. The van der Waals surface area contributed by atoms with E-state index < -0.39 is 5.97 Å². The van der Waals surface area contributed by atoms with Gasteiger partial charge in [0.1, 0.15) is 0 Å². The van der Waals surface area contributed by atoms with E-state index in [2.05, 4.69) is 11.0 Å². The molecule has 1 aliphatic heterocycles. The van der Waals surface area contributed by atoms with Crippen LogP contribution in [-0.2, 0) is 11.3 Å². The molecular formula is C16H18N2O2. The van der Waals surface area contributed by atoms with Crippen LogP contribution in [-0.4, -0.2) is 29.1 Å². The quantitative estimate of drug-likeness (QED) is 0.910. The lowest BCUT2D eigenvalue weighted by molar-refractivity contribution is -0.142. The van der Waals surface area contributed by atoms with Gasteiger partial charge in [0.15, 0.2) is 0 Å². The SMILES string of the molecule is N#Cc1cccc(CN2C[C@H](C(=O)O)[C@@H](C3CC3)C2)c1. The monoisotopic (exact) mass is 270 g/mol. The third-order valence-corrected chi connectivity index (χ3v) is 4.45. The maximum Gasteiger partial charge on any atom is 0.308 e. The number of carbonyl (C=O) groups is 1. The second kappa shape index (κ2) is 5.26. The van der Waals surface area contributed by atoms with Crippen molar-refractivity contribution in [3.05, 3.63) is 35.4 Å². The molecule has 3 rings (SSSR count). The lowest BCUT2D eigenvalue weighted by Crippen LogP contribution is -2.24. The molecule has 1 N–H and O–H groups in total. The van der Waals surface area contributed by atoms with E-state index in [0.29, 0.717) is 23.9 Å². The summed E-state index contributed by atoms with van der Waals surface area (Å²) in [7, 11) is 0. The van der Waals surface area contributed by atoms with Crippen LogP contribution in [0.4, 0.5) is 0 Å². The third-order valence-electron chi connectivity index (χ3n) is 4.45. The normalized spacial score (nSPS) is 26.4. The van der Waals surface area contributed by atoms with Gasteiger partial charge in [-0.2, -0.15) is 5.26 Å². The standard InChI is InChI=1S/C16H18N2O2/c17-7-11-2-1-3-12(6-11)8-18-9-14(13-4-5-13)15(10-18)16(19)20/h1-3,6,13-15H,4-5,8-10H2,(H,19,20)/t14-,15+/m1/s1. The molecule has 0 amide bonds. The van der Waals surface area contributed by atoms with Crippen molar-refractivity contribution in [2.75, 3.05) is 13.1 Å². The summed E-state index contributed by atoms with van der Waals surface area (Å²) < 4.78 is 0. The number of likely N-dealkylation sites (tertiary alicyclic amines) is 1. The van der Waals surface area contributed by atoms with E-state index in [1.807, 2.05) is 18.2 Å². The largest absolute Gasteiger partial charge is 0.481 e. The number of carboxylic acids is 1. The number of rotatable bonds is 4. The van der Waals surface area contributed by atoms with E-state index in [0.717, 1.165) is 18.7 Å². The Balaban J connectivity index is 1.69.